The quantitative estimate of drug-likeness (QED) is 0.814. The molecule has 0 bridgehead atoms. The highest BCUT2D eigenvalue weighted by Crippen LogP contribution is 2.32. The maximum atomic E-state index is 5.62. The van der Waals surface area contributed by atoms with Crippen molar-refractivity contribution in [2.75, 3.05) is 20.2 Å². The molecule has 0 fully saturated rings. The molecule has 1 atom stereocenters. The molecule has 3 N–H and O–H groups in total. The van der Waals surface area contributed by atoms with Crippen molar-refractivity contribution in [2.24, 2.45) is 5.73 Å². The average molecular weight is 291 g/mol. The van der Waals surface area contributed by atoms with Crippen LogP contribution in [0.25, 0.3) is 0 Å². The Kier molecular flexibility index (Phi) is 4.98. The van der Waals surface area contributed by atoms with Gasteiger partial charge in [0.25, 0.3) is 0 Å². The normalized spacial score (nSPS) is 18.1. The SMILES string of the molecule is COc1ccc(C)cc1C1C=CNC(=S)N1CCCN. The number of methoxy groups -OCH3 is 1. The minimum Gasteiger partial charge on any atom is -0.496 e. The lowest BCUT2D eigenvalue weighted by Crippen LogP contribution is -2.43. The van der Waals surface area contributed by atoms with Crippen molar-refractivity contribution in [3.8, 4) is 5.75 Å². The maximum Gasteiger partial charge on any atom is 0.173 e. The van der Waals surface area contributed by atoms with E-state index in [1.807, 2.05) is 12.3 Å². The molecule has 0 aromatic heterocycles. The van der Waals surface area contributed by atoms with Crippen LogP contribution in [-0.4, -0.2) is 30.2 Å². The second kappa shape index (κ2) is 6.72. The minimum absolute atomic E-state index is 0.0881. The highest BCUT2D eigenvalue weighted by molar-refractivity contribution is 7.80. The zero-order valence-electron chi connectivity index (χ0n) is 11.9. The van der Waals surface area contributed by atoms with Crippen molar-refractivity contribution >= 4 is 17.3 Å². The van der Waals surface area contributed by atoms with Gasteiger partial charge in [0, 0.05) is 18.3 Å². The van der Waals surface area contributed by atoms with Crippen LogP contribution in [0.2, 0.25) is 0 Å². The van der Waals surface area contributed by atoms with Gasteiger partial charge in [-0.05, 0) is 50.3 Å². The Morgan fingerprint density at radius 3 is 2.95 bits per heavy atom. The van der Waals surface area contributed by atoms with E-state index in [1.165, 1.54) is 5.56 Å². The number of aryl methyl sites for hydroxylation is 1. The first-order valence-electron chi connectivity index (χ1n) is 6.75. The highest BCUT2D eigenvalue weighted by Gasteiger charge is 2.25. The van der Waals surface area contributed by atoms with Gasteiger partial charge in [-0.1, -0.05) is 11.6 Å². The van der Waals surface area contributed by atoms with E-state index in [4.69, 9.17) is 22.7 Å². The molecule has 1 aromatic carbocycles. The lowest BCUT2D eigenvalue weighted by Gasteiger charge is -2.35. The van der Waals surface area contributed by atoms with Crippen molar-refractivity contribution in [1.29, 1.82) is 0 Å². The molecule has 108 valence electrons. The first kappa shape index (κ1) is 14.8. The highest BCUT2D eigenvalue weighted by atomic mass is 32.1. The molecule has 1 aromatic rings. The molecule has 0 spiro atoms. The summed E-state index contributed by atoms with van der Waals surface area (Å²) in [5.74, 6) is 0.882. The molecule has 0 amide bonds. The summed E-state index contributed by atoms with van der Waals surface area (Å²) in [5.41, 5.74) is 7.96. The molecule has 5 heteroatoms. The molecule has 1 heterocycles. The van der Waals surface area contributed by atoms with Gasteiger partial charge in [0.15, 0.2) is 5.11 Å². The zero-order valence-corrected chi connectivity index (χ0v) is 12.7. The largest absolute Gasteiger partial charge is 0.496 e. The lowest BCUT2D eigenvalue weighted by atomic mass is 10.0. The molecule has 1 aliphatic heterocycles. The Balaban J connectivity index is 2.37. The fourth-order valence-corrected chi connectivity index (χ4v) is 2.66. The lowest BCUT2D eigenvalue weighted by molar-refractivity contribution is 0.335. The summed E-state index contributed by atoms with van der Waals surface area (Å²) in [6, 6.07) is 6.29. The number of nitrogens with zero attached hydrogens (tertiary/aromatic N) is 1. The smallest absolute Gasteiger partial charge is 0.173 e. The Morgan fingerprint density at radius 2 is 2.25 bits per heavy atom. The summed E-state index contributed by atoms with van der Waals surface area (Å²) in [7, 11) is 1.70. The fourth-order valence-electron chi connectivity index (χ4n) is 2.38. The maximum absolute atomic E-state index is 5.62. The van der Waals surface area contributed by atoms with Crippen LogP contribution in [0.5, 0.6) is 5.75 Å². The molecule has 2 rings (SSSR count). The molecule has 0 saturated carbocycles. The molecule has 0 radical (unpaired) electrons. The van der Waals surface area contributed by atoms with Gasteiger partial charge >= 0.3 is 0 Å². The number of hydrogen-bond acceptors (Lipinski definition) is 3. The van der Waals surface area contributed by atoms with E-state index in [0.29, 0.717) is 6.54 Å². The van der Waals surface area contributed by atoms with Crippen LogP contribution in [0, 0.1) is 6.92 Å². The van der Waals surface area contributed by atoms with Crippen LogP contribution < -0.4 is 15.8 Å². The Bertz CT molecular complexity index is 516. The van der Waals surface area contributed by atoms with Crippen molar-refractivity contribution < 1.29 is 4.74 Å². The van der Waals surface area contributed by atoms with Gasteiger partial charge in [-0.15, -0.1) is 0 Å². The van der Waals surface area contributed by atoms with Gasteiger partial charge in [-0.3, -0.25) is 0 Å². The molecule has 20 heavy (non-hydrogen) atoms. The number of benzene rings is 1. The van der Waals surface area contributed by atoms with Gasteiger partial charge in [0.1, 0.15) is 5.75 Å². The monoisotopic (exact) mass is 291 g/mol. The average Bonchev–Trinajstić information content (AvgIpc) is 2.45. The number of nitrogens with two attached hydrogens (primary N) is 1. The molecule has 0 aliphatic carbocycles. The van der Waals surface area contributed by atoms with Crippen molar-refractivity contribution in [3.63, 3.8) is 0 Å². The second-order valence-corrected chi connectivity index (χ2v) is 5.22. The van der Waals surface area contributed by atoms with Gasteiger partial charge in [0.05, 0.1) is 13.2 Å². The number of rotatable bonds is 5. The van der Waals surface area contributed by atoms with Gasteiger partial charge in [-0.25, -0.2) is 0 Å². The van der Waals surface area contributed by atoms with Crippen molar-refractivity contribution in [2.45, 2.75) is 19.4 Å². The van der Waals surface area contributed by atoms with E-state index < -0.39 is 0 Å². The first-order chi connectivity index (χ1) is 9.67. The van der Waals surface area contributed by atoms with E-state index in [1.54, 1.807) is 7.11 Å². The van der Waals surface area contributed by atoms with E-state index in [0.717, 1.165) is 29.4 Å². The van der Waals surface area contributed by atoms with Crippen LogP contribution in [-0.2, 0) is 0 Å². The summed E-state index contributed by atoms with van der Waals surface area (Å²) in [5, 5.41) is 3.82. The van der Waals surface area contributed by atoms with E-state index in [2.05, 4.69) is 35.3 Å². The molecule has 0 saturated heterocycles. The summed E-state index contributed by atoms with van der Waals surface area (Å²) in [6.45, 7) is 3.56. The summed E-state index contributed by atoms with van der Waals surface area (Å²) >= 11 is 5.41. The van der Waals surface area contributed by atoms with E-state index >= 15 is 0 Å². The fraction of sp³-hybridized carbons (Fsp3) is 0.400. The molecule has 1 unspecified atom stereocenters. The third-order valence-electron chi connectivity index (χ3n) is 3.39. The number of nitrogens with one attached hydrogen (secondary N) is 1. The van der Waals surface area contributed by atoms with Crippen molar-refractivity contribution in [3.05, 3.63) is 41.6 Å². The van der Waals surface area contributed by atoms with Crippen LogP contribution in [0.3, 0.4) is 0 Å². The molecule has 1 aliphatic rings. The summed E-state index contributed by atoms with van der Waals surface area (Å²) < 4.78 is 5.49. The van der Waals surface area contributed by atoms with Gasteiger partial charge in [-0.2, -0.15) is 0 Å². The van der Waals surface area contributed by atoms with Crippen molar-refractivity contribution in [1.82, 2.24) is 10.2 Å². The van der Waals surface area contributed by atoms with Gasteiger partial charge in [0.2, 0.25) is 0 Å². The Morgan fingerprint density at radius 1 is 1.45 bits per heavy atom. The number of thiocarbonyl (C=S) groups is 1. The minimum atomic E-state index is 0.0881. The third kappa shape index (κ3) is 3.11. The Hall–Kier alpha value is -1.59. The van der Waals surface area contributed by atoms with Crippen LogP contribution in [0.15, 0.2) is 30.5 Å². The third-order valence-corrected chi connectivity index (χ3v) is 3.74. The van der Waals surface area contributed by atoms with Crippen LogP contribution in [0.1, 0.15) is 23.6 Å². The Labute approximate surface area is 125 Å². The number of hydrogen-bond donors (Lipinski definition) is 2. The zero-order chi connectivity index (χ0) is 14.5. The predicted molar refractivity (Wildman–Crippen MR) is 85.7 cm³/mol. The van der Waals surface area contributed by atoms with Gasteiger partial charge < -0.3 is 20.7 Å². The summed E-state index contributed by atoms with van der Waals surface area (Å²) in [6.07, 6.45) is 4.90. The molecule has 4 nitrogen and oxygen atoms in total. The second-order valence-electron chi connectivity index (χ2n) is 4.83. The molecular weight excluding hydrogens is 270 g/mol. The summed E-state index contributed by atoms with van der Waals surface area (Å²) in [4.78, 5) is 2.15. The van der Waals surface area contributed by atoms with E-state index in [9.17, 15) is 0 Å². The van der Waals surface area contributed by atoms with Crippen LogP contribution in [0.4, 0.5) is 0 Å². The first-order valence-corrected chi connectivity index (χ1v) is 7.16. The van der Waals surface area contributed by atoms with Crippen LogP contribution >= 0.6 is 12.2 Å². The van der Waals surface area contributed by atoms with E-state index in [-0.39, 0.29) is 6.04 Å². The molecular formula is C15H21N3OS. The number of ether oxygens (including phenoxy) is 1. The topological polar surface area (TPSA) is 50.5 Å². The predicted octanol–water partition coefficient (Wildman–Crippen LogP) is 2.10. The standard InChI is InChI=1S/C15H21N3OS/c1-11-4-5-14(19-2)12(10-11)13-6-8-17-15(20)18(13)9-3-7-16/h4-6,8,10,13H,3,7,9,16H2,1-2H3,(H,17,20).